The summed E-state index contributed by atoms with van der Waals surface area (Å²) in [7, 11) is 0. The number of amides is 2. The Morgan fingerprint density at radius 1 is 1.27 bits per heavy atom. The van der Waals surface area contributed by atoms with Crippen molar-refractivity contribution in [1.82, 2.24) is 9.80 Å². The van der Waals surface area contributed by atoms with Crippen LogP contribution in [0.25, 0.3) is 0 Å². The van der Waals surface area contributed by atoms with Gasteiger partial charge in [-0.3, -0.25) is 4.79 Å². The molecule has 2 aliphatic rings. The fourth-order valence-corrected chi connectivity index (χ4v) is 2.02. The van der Waals surface area contributed by atoms with E-state index in [0.29, 0.717) is 19.6 Å². The molecule has 1 saturated heterocycles. The number of rotatable bonds is 1. The van der Waals surface area contributed by atoms with Crippen LogP contribution in [0.5, 0.6) is 0 Å². The van der Waals surface area contributed by atoms with Crippen molar-refractivity contribution in [3.63, 3.8) is 0 Å². The average Bonchev–Trinajstić information content (AvgIpc) is 2.99. The minimum Gasteiger partial charge on any atom is -0.465 e. The SMILES string of the molecule is C[C@H]1CN(C(=O)O)CCN1C(=O)C1CC1. The zero-order valence-corrected chi connectivity index (χ0v) is 8.85. The summed E-state index contributed by atoms with van der Waals surface area (Å²) in [6.45, 7) is 3.34. The first-order valence-corrected chi connectivity index (χ1v) is 5.38. The van der Waals surface area contributed by atoms with Gasteiger partial charge < -0.3 is 14.9 Å². The maximum Gasteiger partial charge on any atom is 0.407 e. The largest absolute Gasteiger partial charge is 0.465 e. The average molecular weight is 212 g/mol. The molecule has 5 heteroatoms. The highest BCUT2D eigenvalue weighted by Gasteiger charge is 2.37. The van der Waals surface area contributed by atoms with Gasteiger partial charge in [0.1, 0.15) is 0 Å². The van der Waals surface area contributed by atoms with Crippen LogP contribution in [0.3, 0.4) is 0 Å². The molecule has 0 bridgehead atoms. The molecule has 1 N–H and O–H groups in total. The molecule has 0 aromatic carbocycles. The van der Waals surface area contributed by atoms with E-state index in [0.717, 1.165) is 12.8 Å². The molecule has 0 radical (unpaired) electrons. The van der Waals surface area contributed by atoms with Crippen molar-refractivity contribution in [2.24, 2.45) is 5.92 Å². The second-order valence-electron chi connectivity index (χ2n) is 4.38. The van der Waals surface area contributed by atoms with E-state index in [4.69, 9.17) is 5.11 Å². The van der Waals surface area contributed by atoms with Crippen LogP contribution in [0.2, 0.25) is 0 Å². The molecule has 1 saturated carbocycles. The van der Waals surface area contributed by atoms with Gasteiger partial charge in [0.2, 0.25) is 5.91 Å². The monoisotopic (exact) mass is 212 g/mol. The summed E-state index contributed by atoms with van der Waals surface area (Å²) in [6.07, 6.45) is 1.12. The fraction of sp³-hybridized carbons (Fsp3) is 0.800. The van der Waals surface area contributed by atoms with E-state index >= 15 is 0 Å². The van der Waals surface area contributed by atoms with E-state index in [2.05, 4.69) is 0 Å². The van der Waals surface area contributed by atoms with E-state index in [1.807, 2.05) is 11.8 Å². The number of hydrogen-bond donors (Lipinski definition) is 1. The molecule has 84 valence electrons. The lowest BCUT2D eigenvalue weighted by molar-refractivity contribution is -0.136. The number of piperazine rings is 1. The van der Waals surface area contributed by atoms with E-state index < -0.39 is 6.09 Å². The van der Waals surface area contributed by atoms with Crippen molar-refractivity contribution in [2.45, 2.75) is 25.8 Å². The molecule has 5 nitrogen and oxygen atoms in total. The molecule has 0 aromatic rings. The molecule has 1 aliphatic carbocycles. The number of nitrogens with zero attached hydrogens (tertiary/aromatic N) is 2. The van der Waals surface area contributed by atoms with Crippen molar-refractivity contribution >= 4 is 12.0 Å². The molecule has 2 amide bonds. The van der Waals surface area contributed by atoms with E-state index in [1.54, 1.807) is 0 Å². The first-order chi connectivity index (χ1) is 7.09. The third-order valence-electron chi connectivity index (χ3n) is 3.11. The van der Waals surface area contributed by atoms with Crippen molar-refractivity contribution in [3.05, 3.63) is 0 Å². The lowest BCUT2D eigenvalue weighted by Gasteiger charge is -2.38. The Morgan fingerprint density at radius 3 is 2.40 bits per heavy atom. The molecule has 0 aromatic heterocycles. The smallest absolute Gasteiger partial charge is 0.407 e. The maximum atomic E-state index is 11.8. The van der Waals surface area contributed by atoms with Gasteiger partial charge in [-0.15, -0.1) is 0 Å². The molecular weight excluding hydrogens is 196 g/mol. The first-order valence-electron chi connectivity index (χ1n) is 5.38. The highest BCUT2D eigenvalue weighted by atomic mass is 16.4. The minimum absolute atomic E-state index is 0.0166. The Hall–Kier alpha value is -1.26. The lowest BCUT2D eigenvalue weighted by Crippen LogP contribution is -2.55. The first kappa shape index (κ1) is 10.3. The molecule has 1 atom stereocenters. The Kier molecular flexibility index (Phi) is 2.54. The Bertz CT molecular complexity index is 288. The second-order valence-corrected chi connectivity index (χ2v) is 4.38. The number of carboxylic acid groups (broad SMARTS) is 1. The zero-order chi connectivity index (χ0) is 11.0. The summed E-state index contributed by atoms with van der Waals surface area (Å²) < 4.78 is 0. The van der Waals surface area contributed by atoms with Crippen LogP contribution in [0.1, 0.15) is 19.8 Å². The van der Waals surface area contributed by atoms with Gasteiger partial charge in [-0.05, 0) is 19.8 Å². The maximum absolute atomic E-state index is 11.8. The van der Waals surface area contributed by atoms with Crippen molar-refractivity contribution < 1.29 is 14.7 Å². The van der Waals surface area contributed by atoms with Gasteiger partial charge in [-0.2, -0.15) is 0 Å². The normalized spacial score (nSPS) is 26.6. The zero-order valence-electron chi connectivity index (χ0n) is 8.85. The van der Waals surface area contributed by atoms with Crippen LogP contribution < -0.4 is 0 Å². The van der Waals surface area contributed by atoms with Crippen molar-refractivity contribution in [2.75, 3.05) is 19.6 Å². The molecule has 15 heavy (non-hydrogen) atoms. The Morgan fingerprint density at radius 2 is 1.93 bits per heavy atom. The minimum atomic E-state index is -0.889. The molecule has 0 spiro atoms. The summed E-state index contributed by atoms with van der Waals surface area (Å²) in [5.74, 6) is 0.441. The van der Waals surface area contributed by atoms with Gasteiger partial charge in [-0.1, -0.05) is 0 Å². The van der Waals surface area contributed by atoms with Crippen LogP contribution >= 0.6 is 0 Å². The van der Waals surface area contributed by atoms with Crippen LogP contribution in [-0.2, 0) is 4.79 Å². The van der Waals surface area contributed by atoms with E-state index in [-0.39, 0.29) is 17.9 Å². The van der Waals surface area contributed by atoms with Gasteiger partial charge in [-0.25, -0.2) is 4.79 Å². The summed E-state index contributed by atoms with van der Waals surface area (Å²) in [6, 6.07) is 0.0166. The van der Waals surface area contributed by atoms with Crippen molar-refractivity contribution in [1.29, 1.82) is 0 Å². The van der Waals surface area contributed by atoms with Gasteiger partial charge in [0.15, 0.2) is 0 Å². The molecule has 2 fully saturated rings. The van der Waals surface area contributed by atoms with E-state index in [9.17, 15) is 9.59 Å². The number of carbonyl (C=O) groups excluding carboxylic acids is 1. The van der Waals surface area contributed by atoms with Gasteiger partial charge in [0.05, 0.1) is 0 Å². The van der Waals surface area contributed by atoms with Gasteiger partial charge in [0.25, 0.3) is 0 Å². The van der Waals surface area contributed by atoms with E-state index in [1.165, 1.54) is 4.90 Å². The summed E-state index contributed by atoms with van der Waals surface area (Å²) in [4.78, 5) is 25.8. The van der Waals surface area contributed by atoms with Crippen LogP contribution in [0.4, 0.5) is 4.79 Å². The van der Waals surface area contributed by atoms with Crippen LogP contribution in [0, 0.1) is 5.92 Å². The van der Waals surface area contributed by atoms with Gasteiger partial charge >= 0.3 is 6.09 Å². The molecule has 1 heterocycles. The number of hydrogen-bond acceptors (Lipinski definition) is 2. The molecule has 0 unspecified atom stereocenters. The predicted molar refractivity (Wildman–Crippen MR) is 53.5 cm³/mol. The Balaban J connectivity index is 1.94. The molecular formula is C10H16N2O3. The standard InChI is InChI=1S/C10H16N2O3/c1-7-6-11(10(14)15)4-5-12(7)9(13)8-2-3-8/h7-8H,2-6H2,1H3,(H,14,15)/t7-/m0/s1. The highest BCUT2D eigenvalue weighted by Crippen LogP contribution is 2.32. The molecule has 2 rings (SSSR count). The lowest BCUT2D eigenvalue weighted by atomic mass is 10.1. The topological polar surface area (TPSA) is 60.9 Å². The molecule has 1 aliphatic heterocycles. The van der Waals surface area contributed by atoms with Crippen molar-refractivity contribution in [3.8, 4) is 0 Å². The number of carbonyl (C=O) groups is 2. The summed E-state index contributed by atoms with van der Waals surface area (Å²) in [5, 5.41) is 8.82. The second kappa shape index (κ2) is 3.72. The Labute approximate surface area is 88.6 Å². The fourth-order valence-electron chi connectivity index (χ4n) is 2.02. The summed E-state index contributed by atoms with van der Waals surface area (Å²) >= 11 is 0. The quantitative estimate of drug-likeness (QED) is 0.692. The van der Waals surface area contributed by atoms with Crippen LogP contribution in [0.15, 0.2) is 0 Å². The van der Waals surface area contributed by atoms with Gasteiger partial charge in [0, 0.05) is 31.6 Å². The predicted octanol–water partition coefficient (Wildman–Crippen LogP) is 0.607. The third-order valence-corrected chi connectivity index (χ3v) is 3.11. The third kappa shape index (κ3) is 2.06. The summed E-state index contributed by atoms with van der Waals surface area (Å²) in [5.41, 5.74) is 0. The highest BCUT2D eigenvalue weighted by molar-refractivity contribution is 5.81. The van der Waals surface area contributed by atoms with Crippen LogP contribution in [-0.4, -0.2) is 52.6 Å².